The molecule has 0 fully saturated rings. The van der Waals surface area contributed by atoms with Gasteiger partial charge < -0.3 is 31.1 Å². The second-order valence-electron chi connectivity index (χ2n) is 9.12. The van der Waals surface area contributed by atoms with Crippen LogP contribution in [0.5, 0.6) is 11.5 Å². The Balaban J connectivity index is 1.97. The van der Waals surface area contributed by atoms with E-state index in [1.807, 2.05) is 30.3 Å². The van der Waals surface area contributed by atoms with Crippen molar-refractivity contribution in [1.82, 2.24) is 5.32 Å². The quantitative estimate of drug-likeness (QED) is 0.375. The van der Waals surface area contributed by atoms with E-state index in [0.717, 1.165) is 5.56 Å². The van der Waals surface area contributed by atoms with Crippen molar-refractivity contribution in [1.29, 1.82) is 0 Å². The van der Waals surface area contributed by atoms with Crippen LogP contribution >= 0.6 is 0 Å². The Bertz CT molecular complexity index is 851. The number of nitrogens with one attached hydrogen (secondary N) is 1. The van der Waals surface area contributed by atoms with Gasteiger partial charge in [-0.2, -0.15) is 0 Å². The molecule has 2 rings (SSSR count). The van der Waals surface area contributed by atoms with Crippen molar-refractivity contribution >= 4 is 6.09 Å². The zero-order valence-corrected chi connectivity index (χ0v) is 19.1. The van der Waals surface area contributed by atoms with Crippen molar-refractivity contribution in [2.75, 3.05) is 0 Å². The molecule has 0 aliphatic carbocycles. The van der Waals surface area contributed by atoms with Crippen LogP contribution in [-0.4, -0.2) is 39.2 Å². The number of phenolic OH excluding ortho intramolecular Hbond substituents is 2. The Kier molecular flexibility index (Phi) is 9.35. The van der Waals surface area contributed by atoms with Crippen LogP contribution in [-0.2, 0) is 11.2 Å². The van der Waals surface area contributed by atoms with Gasteiger partial charge in [-0.25, -0.2) is 4.79 Å². The Morgan fingerprint density at radius 3 is 2.38 bits per heavy atom. The van der Waals surface area contributed by atoms with Crippen LogP contribution in [0.25, 0.3) is 0 Å². The standard InChI is InChI=1S/C25H36N2O5/c1-25(2,3)32-24(31)27-21(22(29)15-12-17-8-5-4-6-9-17)11-7-10-20(26)19-14-13-18(28)16-23(19)30/h4-6,8-9,13-14,16,20-22,28-30H,7,10-12,15,26H2,1-3H3,(H,27,31). The molecule has 0 saturated heterocycles. The molecule has 32 heavy (non-hydrogen) atoms. The maximum absolute atomic E-state index is 12.3. The molecule has 3 unspecified atom stereocenters. The second kappa shape index (κ2) is 11.7. The summed E-state index contributed by atoms with van der Waals surface area (Å²) in [4.78, 5) is 12.3. The van der Waals surface area contributed by atoms with E-state index >= 15 is 0 Å². The molecule has 0 aliphatic rings. The number of aliphatic hydroxyl groups excluding tert-OH is 1. The summed E-state index contributed by atoms with van der Waals surface area (Å²) in [5.74, 6) is -0.0783. The molecule has 6 N–H and O–H groups in total. The number of carbonyl (C=O) groups excluding carboxylic acids is 1. The number of aryl methyl sites for hydroxylation is 1. The molecule has 0 aromatic heterocycles. The summed E-state index contributed by atoms with van der Waals surface area (Å²) in [5, 5.41) is 33.1. The number of aromatic hydroxyl groups is 2. The first kappa shape index (κ1) is 25.5. The minimum absolute atomic E-state index is 0.0263. The number of ether oxygens (including phenoxy) is 1. The van der Waals surface area contributed by atoms with Crippen LogP contribution in [0.1, 0.15) is 63.6 Å². The Labute approximate surface area is 190 Å². The molecule has 0 saturated carbocycles. The molecule has 2 aromatic carbocycles. The lowest BCUT2D eigenvalue weighted by Crippen LogP contribution is -2.45. The molecule has 0 aliphatic heterocycles. The van der Waals surface area contributed by atoms with E-state index in [2.05, 4.69) is 5.32 Å². The molecular formula is C25H36N2O5. The number of carbonyl (C=O) groups is 1. The van der Waals surface area contributed by atoms with Crippen LogP contribution < -0.4 is 11.1 Å². The van der Waals surface area contributed by atoms with Gasteiger partial charge in [-0.05, 0) is 64.5 Å². The number of amides is 1. The van der Waals surface area contributed by atoms with Gasteiger partial charge in [0.05, 0.1) is 12.1 Å². The fraction of sp³-hybridized carbons (Fsp3) is 0.480. The summed E-state index contributed by atoms with van der Waals surface area (Å²) in [6, 6.07) is 13.3. The lowest BCUT2D eigenvalue weighted by molar-refractivity contribution is 0.0403. The van der Waals surface area contributed by atoms with E-state index in [-0.39, 0.29) is 11.5 Å². The Morgan fingerprint density at radius 1 is 1.06 bits per heavy atom. The van der Waals surface area contributed by atoms with E-state index in [4.69, 9.17) is 10.5 Å². The van der Waals surface area contributed by atoms with Crippen LogP contribution in [0.2, 0.25) is 0 Å². The first-order chi connectivity index (χ1) is 15.0. The van der Waals surface area contributed by atoms with E-state index in [1.54, 1.807) is 26.8 Å². The van der Waals surface area contributed by atoms with Gasteiger partial charge in [0.1, 0.15) is 17.1 Å². The lowest BCUT2D eigenvalue weighted by atomic mass is 9.95. The molecule has 176 valence electrons. The van der Waals surface area contributed by atoms with E-state index < -0.39 is 29.9 Å². The fourth-order valence-corrected chi connectivity index (χ4v) is 3.54. The van der Waals surface area contributed by atoms with Crippen molar-refractivity contribution < 1.29 is 24.9 Å². The predicted molar refractivity (Wildman–Crippen MR) is 124 cm³/mol. The second-order valence-corrected chi connectivity index (χ2v) is 9.12. The predicted octanol–water partition coefficient (Wildman–Crippen LogP) is 4.15. The number of phenols is 2. The molecule has 7 heteroatoms. The number of rotatable bonds is 10. The summed E-state index contributed by atoms with van der Waals surface area (Å²) in [6.45, 7) is 5.36. The van der Waals surface area contributed by atoms with Gasteiger partial charge in [0.15, 0.2) is 0 Å². The summed E-state index contributed by atoms with van der Waals surface area (Å²) in [5.41, 5.74) is 7.24. The summed E-state index contributed by atoms with van der Waals surface area (Å²) < 4.78 is 5.36. The molecule has 2 aromatic rings. The van der Waals surface area contributed by atoms with Crippen LogP contribution in [0.4, 0.5) is 4.79 Å². The third kappa shape index (κ3) is 8.77. The number of alkyl carbamates (subject to hydrolysis) is 1. The highest BCUT2D eigenvalue weighted by Gasteiger charge is 2.25. The number of benzene rings is 2. The number of hydrogen-bond donors (Lipinski definition) is 5. The summed E-state index contributed by atoms with van der Waals surface area (Å²) >= 11 is 0. The number of nitrogens with two attached hydrogens (primary N) is 1. The van der Waals surface area contributed by atoms with Crippen LogP contribution in [0.3, 0.4) is 0 Å². The minimum atomic E-state index is -0.749. The van der Waals surface area contributed by atoms with Crippen LogP contribution in [0.15, 0.2) is 48.5 Å². The van der Waals surface area contributed by atoms with Crippen LogP contribution in [0, 0.1) is 0 Å². The monoisotopic (exact) mass is 444 g/mol. The third-order valence-corrected chi connectivity index (χ3v) is 5.18. The molecule has 0 heterocycles. The zero-order chi connectivity index (χ0) is 23.7. The van der Waals surface area contributed by atoms with Gasteiger partial charge in [0.2, 0.25) is 0 Å². The zero-order valence-electron chi connectivity index (χ0n) is 19.1. The topological polar surface area (TPSA) is 125 Å². The fourth-order valence-electron chi connectivity index (χ4n) is 3.54. The van der Waals surface area contributed by atoms with E-state index in [1.165, 1.54) is 12.1 Å². The van der Waals surface area contributed by atoms with Crippen molar-refractivity contribution in [2.24, 2.45) is 5.73 Å². The van der Waals surface area contributed by atoms with Crippen molar-refractivity contribution in [3.8, 4) is 11.5 Å². The van der Waals surface area contributed by atoms with Crippen molar-refractivity contribution in [3.63, 3.8) is 0 Å². The number of aliphatic hydroxyl groups is 1. The van der Waals surface area contributed by atoms with Gasteiger partial charge in [0.25, 0.3) is 0 Å². The SMILES string of the molecule is CC(C)(C)OC(=O)NC(CCCC(N)c1ccc(O)cc1O)C(O)CCc1ccccc1. The van der Waals surface area contributed by atoms with E-state index in [9.17, 15) is 20.1 Å². The van der Waals surface area contributed by atoms with E-state index in [0.29, 0.717) is 37.7 Å². The Morgan fingerprint density at radius 2 is 1.75 bits per heavy atom. The van der Waals surface area contributed by atoms with Crippen molar-refractivity contribution in [3.05, 3.63) is 59.7 Å². The largest absolute Gasteiger partial charge is 0.508 e. The lowest BCUT2D eigenvalue weighted by Gasteiger charge is -2.27. The van der Waals surface area contributed by atoms with Gasteiger partial charge in [-0.15, -0.1) is 0 Å². The van der Waals surface area contributed by atoms with Crippen molar-refractivity contribution in [2.45, 2.75) is 76.7 Å². The maximum atomic E-state index is 12.3. The highest BCUT2D eigenvalue weighted by Crippen LogP contribution is 2.29. The Hall–Kier alpha value is -2.77. The highest BCUT2D eigenvalue weighted by atomic mass is 16.6. The summed E-state index contributed by atoms with van der Waals surface area (Å²) in [6.07, 6.45) is 1.52. The molecule has 7 nitrogen and oxygen atoms in total. The molecule has 3 atom stereocenters. The van der Waals surface area contributed by atoms with Gasteiger partial charge in [-0.3, -0.25) is 0 Å². The molecule has 1 amide bonds. The average molecular weight is 445 g/mol. The summed E-state index contributed by atoms with van der Waals surface area (Å²) in [7, 11) is 0. The maximum Gasteiger partial charge on any atom is 0.407 e. The first-order valence-corrected chi connectivity index (χ1v) is 11.0. The third-order valence-electron chi connectivity index (χ3n) is 5.18. The van der Waals surface area contributed by atoms with Gasteiger partial charge in [-0.1, -0.05) is 36.4 Å². The van der Waals surface area contributed by atoms with Gasteiger partial charge in [0, 0.05) is 17.7 Å². The smallest absolute Gasteiger partial charge is 0.407 e. The normalized spacial score (nSPS) is 14.4. The number of hydrogen-bond acceptors (Lipinski definition) is 6. The first-order valence-electron chi connectivity index (χ1n) is 11.0. The van der Waals surface area contributed by atoms with Gasteiger partial charge >= 0.3 is 6.09 Å². The highest BCUT2D eigenvalue weighted by molar-refractivity contribution is 5.68. The molecule has 0 radical (unpaired) electrons. The molecular weight excluding hydrogens is 408 g/mol. The minimum Gasteiger partial charge on any atom is -0.508 e. The molecule has 0 bridgehead atoms. The average Bonchev–Trinajstić information content (AvgIpc) is 2.70. The molecule has 0 spiro atoms.